The van der Waals surface area contributed by atoms with Crippen LogP contribution in [0.2, 0.25) is 0 Å². The average Bonchev–Trinajstić information content (AvgIpc) is 3.52. The lowest BCUT2D eigenvalue weighted by atomic mass is 9.81. The van der Waals surface area contributed by atoms with Crippen molar-refractivity contribution in [3.63, 3.8) is 0 Å². The van der Waals surface area contributed by atoms with E-state index >= 15 is 0 Å². The van der Waals surface area contributed by atoms with Gasteiger partial charge < -0.3 is 14.7 Å². The summed E-state index contributed by atoms with van der Waals surface area (Å²) in [5, 5.41) is 3.14. The van der Waals surface area contributed by atoms with E-state index in [0.717, 1.165) is 54.8 Å². The molecule has 7 heteroatoms. The first kappa shape index (κ1) is 18.4. The Morgan fingerprint density at radius 3 is 2.76 bits per heavy atom. The number of furan rings is 1. The van der Waals surface area contributed by atoms with E-state index in [0.29, 0.717) is 18.3 Å². The number of aromatic nitrogens is 2. The van der Waals surface area contributed by atoms with Crippen molar-refractivity contribution in [2.24, 2.45) is 5.92 Å². The number of rotatable bonds is 5. The molecule has 3 aromatic rings. The maximum absolute atomic E-state index is 12.5. The molecule has 2 unspecified atom stereocenters. The topological polar surface area (TPSA) is 95.0 Å². The van der Waals surface area contributed by atoms with Gasteiger partial charge in [-0.3, -0.25) is 4.79 Å². The average molecular weight is 393 g/mol. The van der Waals surface area contributed by atoms with E-state index in [1.165, 1.54) is 0 Å². The highest BCUT2D eigenvalue weighted by Gasteiger charge is 2.32. The van der Waals surface area contributed by atoms with Crippen molar-refractivity contribution in [1.82, 2.24) is 26.1 Å². The van der Waals surface area contributed by atoms with Crippen LogP contribution in [0.15, 0.2) is 47.1 Å². The second kappa shape index (κ2) is 8.00. The molecule has 3 heterocycles. The molecule has 1 aliphatic heterocycles. The number of para-hydroxylation sites is 2. The van der Waals surface area contributed by atoms with Crippen LogP contribution >= 0.6 is 0 Å². The molecule has 0 spiro atoms. The fourth-order valence-electron chi connectivity index (χ4n) is 4.58. The van der Waals surface area contributed by atoms with Crippen molar-refractivity contribution in [3.8, 4) is 0 Å². The minimum Gasteiger partial charge on any atom is -0.468 e. The third kappa shape index (κ3) is 3.93. The lowest BCUT2D eigenvalue weighted by molar-refractivity contribution is -0.123. The van der Waals surface area contributed by atoms with Gasteiger partial charge in [0.2, 0.25) is 5.91 Å². The number of hydrogen-bond acceptors (Lipinski definition) is 5. The molecule has 1 saturated heterocycles. The molecule has 7 nitrogen and oxygen atoms in total. The quantitative estimate of drug-likeness (QED) is 0.534. The predicted octanol–water partition coefficient (Wildman–Crippen LogP) is 3.15. The summed E-state index contributed by atoms with van der Waals surface area (Å²) in [7, 11) is 0. The maximum Gasteiger partial charge on any atom is 0.238 e. The summed E-state index contributed by atoms with van der Waals surface area (Å²) >= 11 is 0. The minimum absolute atomic E-state index is 0.0417. The Hall–Kier alpha value is -2.64. The molecule has 2 aromatic heterocycles. The van der Waals surface area contributed by atoms with Crippen LogP contribution in [-0.4, -0.2) is 28.5 Å². The molecular weight excluding hydrogens is 366 g/mol. The molecule has 0 radical (unpaired) electrons. The Kier molecular flexibility index (Phi) is 5.08. The number of H-pyrrole nitrogens is 1. The first-order chi connectivity index (χ1) is 14.3. The molecule has 1 aliphatic carbocycles. The summed E-state index contributed by atoms with van der Waals surface area (Å²) in [5.74, 6) is 3.06. The van der Waals surface area contributed by atoms with Gasteiger partial charge >= 0.3 is 0 Å². The number of nitrogens with zero attached hydrogens (tertiary/aromatic N) is 1. The standard InChI is InChI=1S/C22H27N5O2/c28-22(19-12-18(26-27-19)20-6-3-11-29-20)23-13-14-7-9-15(10-8-14)21-24-16-4-1-2-5-17(16)25-21/h1-6,11,14-15,18-19,26-27H,7-10,12-13H2,(H,23,28)(H,24,25). The number of nitrogens with one attached hydrogen (secondary N) is 4. The Labute approximate surface area is 169 Å². The monoisotopic (exact) mass is 393 g/mol. The van der Waals surface area contributed by atoms with Gasteiger partial charge in [-0.25, -0.2) is 15.8 Å². The highest BCUT2D eigenvalue weighted by Crippen LogP contribution is 2.35. The molecule has 1 saturated carbocycles. The fourth-order valence-corrected chi connectivity index (χ4v) is 4.58. The van der Waals surface area contributed by atoms with E-state index in [1.54, 1.807) is 6.26 Å². The molecule has 2 aliphatic rings. The normalized spacial score (nSPS) is 27.3. The van der Waals surface area contributed by atoms with Crippen LogP contribution in [0.25, 0.3) is 11.0 Å². The van der Waals surface area contributed by atoms with E-state index in [2.05, 4.69) is 33.3 Å². The third-order valence-corrected chi connectivity index (χ3v) is 6.31. The lowest BCUT2D eigenvalue weighted by Gasteiger charge is -2.27. The lowest BCUT2D eigenvalue weighted by Crippen LogP contribution is -2.44. The Bertz CT molecular complexity index is 926. The molecule has 29 heavy (non-hydrogen) atoms. The number of hydrogen-bond donors (Lipinski definition) is 4. The van der Waals surface area contributed by atoms with Gasteiger partial charge in [0.25, 0.3) is 0 Å². The number of hydrazine groups is 1. The first-order valence-corrected chi connectivity index (χ1v) is 10.5. The van der Waals surface area contributed by atoms with Gasteiger partial charge in [0.1, 0.15) is 17.6 Å². The highest BCUT2D eigenvalue weighted by molar-refractivity contribution is 5.82. The number of benzene rings is 1. The SMILES string of the molecule is O=C(NCC1CCC(c2nc3ccccc3[nH]2)CC1)C1CC(c2ccco2)NN1. The summed E-state index contributed by atoms with van der Waals surface area (Å²) in [4.78, 5) is 20.8. The summed E-state index contributed by atoms with van der Waals surface area (Å²) < 4.78 is 5.42. The predicted molar refractivity (Wildman–Crippen MR) is 110 cm³/mol. The zero-order chi connectivity index (χ0) is 19.6. The number of aromatic amines is 1. The molecule has 5 rings (SSSR count). The number of amides is 1. The third-order valence-electron chi connectivity index (χ3n) is 6.31. The summed E-state index contributed by atoms with van der Waals surface area (Å²) in [6, 6.07) is 11.8. The second-order valence-corrected chi connectivity index (χ2v) is 8.25. The Morgan fingerprint density at radius 1 is 1.10 bits per heavy atom. The molecule has 152 valence electrons. The van der Waals surface area contributed by atoms with Crippen molar-refractivity contribution in [1.29, 1.82) is 0 Å². The number of imidazole rings is 1. The van der Waals surface area contributed by atoms with Gasteiger partial charge in [0.15, 0.2) is 0 Å². The van der Waals surface area contributed by atoms with E-state index < -0.39 is 0 Å². The number of carbonyl (C=O) groups is 1. The maximum atomic E-state index is 12.5. The molecule has 4 N–H and O–H groups in total. The van der Waals surface area contributed by atoms with Gasteiger partial charge in [0.05, 0.1) is 23.3 Å². The second-order valence-electron chi connectivity index (χ2n) is 8.25. The molecule has 2 fully saturated rings. The van der Waals surface area contributed by atoms with Gasteiger partial charge in [-0.05, 0) is 62.3 Å². The van der Waals surface area contributed by atoms with Crippen LogP contribution in [0.5, 0.6) is 0 Å². The molecule has 1 amide bonds. The summed E-state index contributed by atoms with van der Waals surface area (Å²) in [6.07, 6.45) is 6.82. The van der Waals surface area contributed by atoms with E-state index in [9.17, 15) is 4.79 Å². The zero-order valence-electron chi connectivity index (χ0n) is 16.4. The Balaban J connectivity index is 1.08. The van der Waals surface area contributed by atoms with Crippen LogP contribution in [-0.2, 0) is 4.79 Å². The van der Waals surface area contributed by atoms with Crippen LogP contribution in [0.1, 0.15) is 55.6 Å². The van der Waals surface area contributed by atoms with Crippen molar-refractivity contribution in [2.75, 3.05) is 6.54 Å². The molecule has 1 aromatic carbocycles. The summed E-state index contributed by atoms with van der Waals surface area (Å²) in [5.41, 5.74) is 8.39. The van der Waals surface area contributed by atoms with Crippen LogP contribution < -0.4 is 16.2 Å². The zero-order valence-corrected chi connectivity index (χ0v) is 16.4. The van der Waals surface area contributed by atoms with Crippen LogP contribution in [0.4, 0.5) is 0 Å². The van der Waals surface area contributed by atoms with Crippen molar-refractivity contribution in [3.05, 3.63) is 54.2 Å². The number of carbonyl (C=O) groups excluding carboxylic acids is 1. The summed E-state index contributed by atoms with van der Waals surface area (Å²) in [6.45, 7) is 0.745. The first-order valence-electron chi connectivity index (χ1n) is 10.5. The Morgan fingerprint density at radius 2 is 1.97 bits per heavy atom. The van der Waals surface area contributed by atoms with Gasteiger partial charge in [0, 0.05) is 12.5 Å². The molecule has 0 bridgehead atoms. The van der Waals surface area contributed by atoms with Crippen molar-refractivity contribution < 1.29 is 9.21 Å². The largest absolute Gasteiger partial charge is 0.468 e. The number of fused-ring (bicyclic) bond motifs is 1. The van der Waals surface area contributed by atoms with Crippen molar-refractivity contribution >= 4 is 16.9 Å². The fraction of sp³-hybridized carbons (Fsp3) is 0.455. The highest BCUT2D eigenvalue weighted by atomic mass is 16.3. The van der Waals surface area contributed by atoms with E-state index in [-0.39, 0.29) is 18.0 Å². The van der Waals surface area contributed by atoms with E-state index in [4.69, 9.17) is 9.40 Å². The van der Waals surface area contributed by atoms with Crippen LogP contribution in [0.3, 0.4) is 0 Å². The van der Waals surface area contributed by atoms with Crippen molar-refractivity contribution in [2.45, 2.75) is 50.1 Å². The van der Waals surface area contributed by atoms with Gasteiger partial charge in [-0.1, -0.05) is 12.1 Å². The van der Waals surface area contributed by atoms with Gasteiger partial charge in [-0.15, -0.1) is 0 Å². The van der Waals surface area contributed by atoms with Gasteiger partial charge in [-0.2, -0.15) is 0 Å². The molecule has 2 atom stereocenters. The minimum atomic E-state index is -0.225. The van der Waals surface area contributed by atoms with E-state index in [1.807, 2.05) is 24.3 Å². The molecular formula is C22H27N5O2. The smallest absolute Gasteiger partial charge is 0.238 e. The van der Waals surface area contributed by atoms with Crippen LogP contribution in [0, 0.1) is 5.92 Å².